The second kappa shape index (κ2) is 16.3. The van der Waals surface area contributed by atoms with Crippen LogP contribution in [0.1, 0.15) is 109 Å². The Morgan fingerprint density at radius 3 is 1.96 bits per heavy atom. The van der Waals surface area contributed by atoms with Crippen LogP contribution in [0.3, 0.4) is 0 Å². The van der Waals surface area contributed by atoms with E-state index < -0.39 is 24.5 Å². The fraction of sp³-hybridized carbons (Fsp3) is 0.333. The van der Waals surface area contributed by atoms with E-state index in [-0.39, 0.29) is 25.7 Å². The minimum absolute atomic E-state index is 0. The van der Waals surface area contributed by atoms with Gasteiger partial charge in [0.2, 0.25) is 0 Å². The Morgan fingerprint density at radius 2 is 1.35 bits per heavy atom. The van der Waals surface area contributed by atoms with Gasteiger partial charge in [0.25, 0.3) is 0 Å². The van der Waals surface area contributed by atoms with Gasteiger partial charge in [-0.25, -0.2) is 0 Å². The molecule has 2 nitrogen and oxygen atoms in total. The Morgan fingerprint density at radius 1 is 0.704 bits per heavy atom. The van der Waals surface area contributed by atoms with Gasteiger partial charge in [0.15, 0.2) is 0 Å². The van der Waals surface area contributed by atoms with Crippen LogP contribution < -0.4 is 0 Å². The molecule has 7 aromatic rings. The molecule has 2 aliphatic carbocycles. The van der Waals surface area contributed by atoms with Crippen LogP contribution in [-0.4, -0.2) is 9.97 Å². The third kappa shape index (κ3) is 8.24. The SMILES string of the molecule is [2H]C([2H])([2H])c1cnc(-c2[c-]cc3c4ccccc4c4ccccc4c3c2)cc1C1([2H])CCC2(CCCCC2)CC1.[2H]C([2H])(c1ccc(-c2[c-]cccc2)nc1)C(C)(C)C.[Ir]. The van der Waals surface area contributed by atoms with E-state index in [0.717, 1.165) is 40.4 Å². The quantitative estimate of drug-likeness (QED) is 0.130. The van der Waals surface area contributed by atoms with Crippen LogP contribution in [-0.2, 0) is 26.5 Å². The van der Waals surface area contributed by atoms with E-state index >= 15 is 0 Å². The van der Waals surface area contributed by atoms with Gasteiger partial charge in [0, 0.05) is 40.7 Å². The molecule has 0 bridgehead atoms. The molecule has 1 spiro atoms. The Bertz CT molecular complexity index is 2560. The first-order chi connectivity index (χ1) is 28.1. The number of benzene rings is 5. The van der Waals surface area contributed by atoms with Gasteiger partial charge < -0.3 is 9.97 Å². The van der Waals surface area contributed by atoms with Gasteiger partial charge in [0.05, 0.1) is 0 Å². The van der Waals surface area contributed by atoms with Gasteiger partial charge in [-0.3, -0.25) is 0 Å². The smallest absolute Gasteiger partial charge is 0.0352 e. The zero-order valence-electron chi connectivity index (χ0n) is 37.6. The summed E-state index contributed by atoms with van der Waals surface area (Å²) in [6.45, 7) is 3.38. The summed E-state index contributed by atoms with van der Waals surface area (Å²) in [5.41, 5.74) is 4.60. The topological polar surface area (TPSA) is 25.8 Å². The van der Waals surface area contributed by atoms with E-state index in [9.17, 15) is 1.37 Å². The molecule has 2 saturated carbocycles. The van der Waals surface area contributed by atoms with Crippen LogP contribution in [0, 0.1) is 29.8 Å². The van der Waals surface area contributed by atoms with Crippen molar-refractivity contribution in [3.8, 4) is 22.5 Å². The third-order valence-electron chi connectivity index (χ3n) is 11.3. The number of fused-ring (bicyclic) bond motifs is 6. The van der Waals surface area contributed by atoms with Crippen LogP contribution in [0.15, 0.2) is 116 Å². The number of pyridine rings is 2. The van der Waals surface area contributed by atoms with Gasteiger partial charge in [-0.2, -0.15) is 0 Å². The van der Waals surface area contributed by atoms with Crippen molar-refractivity contribution in [3.63, 3.8) is 0 Å². The normalized spacial score (nSPS) is 18.6. The summed E-state index contributed by atoms with van der Waals surface area (Å²) in [4.78, 5) is 9.02. The van der Waals surface area contributed by atoms with Gasteiger partial charge in [-0.1, -0.05) is 123 Å². The van der Waals surface area contributed by atoms with Crippen molar-refractivity contribution in [2.45, 2.75) is 97.7 Å². The summed E-state index contributed by atoms with van der Waals surface area (Å²) in [5, 5.41) is 7.06. The van der Waals surface area contributed by atoms with Crippen molar-refractivity contribution in [2.75, 3.05) is 0 Å². The first kappa shape index (κ1) is 31.1. The molecule has 0 amide bonds. The van der Waals surface area contributed by atoms with Gasteiger partial charge in [0.1, 0.15) is 0 Å². The second-order valence-corrected chi connectivity index (χ2v) is 16.1. The molecule has 2 aliphatic rings. The molecular formula is C51H52IrN2-2. The molecule has 0 atom stereocenters. The molecule has 1 radical (unpaired) electrons. The molecule has 3 heteroatoms. The maximum absolute atomic E-state index is 9.58. The van der Waals surface area contributed by atoms with Gasteiger partial charge >= 0.3 is 0 Å². The van der Waals surface area contributed by atoms with E-state index in [1.807, 2.05) is 69.3 Å². The fourth-order valence-corrected chi connectivity index (χ4v) is 8.65. The Labute approximate surface area is 344 Å². The summed E-state index contributed by atoms with van der Waals surface area (Å²) in [6, 6.07) is 40.9. The van der Waals surface area contributed by atoms with Crippen LogP contribution in [0.4, 0.5) is 0 Å². The molecule has 0 N–H and O–H groups in total. The monoisotopic (exact) mass is 891 g/mol. The standard InChI is InChI=1S/C35H34N.C16H18N.Ir/c1-24-23-36-34(22-32(24)25-15-19-35(20-16-25)17-7-2-8-18-35)26-13-14-31-29-11-4-3-9-27(29)28-10-5-6-12-30(28)33(31)21-26;1-16(2,3)11-13-9-10-15(17-12-13)14-7-5-4-6-8-14;/h3-6,9-12,14,21-23,25H,2,7-8,15-20H2,1H3;4-7,9-10,12H,11H2,1-3H3;/q2*-1;/i1D3,25D;11D2;. The van der Waals surface area contributed by atoms with Crippen LogP contribution in [0.25, 0.3) is 54.8 Å². The van der Waals surface area contributed by atoms with E-state index in [1.54, 1.807) is 6.20 Å². The van der Waals surface area contributed by atoms with E-state index in [0.29, 0.717) is 35.1 Å². The van der Waals surface area contributed by atoms with Crippen molar-refractivity contribution in [2.24, 2.45) is 10.8 Å². The molecule has 54 heavy (non-hydrogen) atoms. The van der Waals surface area contributed by atoms with Crippen LogP contribution in [0.2, 0.25) is 0 Å². The third-order valence-corrected chi connectivity index (χ3v) is 11.3. The first-order valence-electron chi connectivity index (χ1n) is 22.3. The zero-order chi connectivity index (χ0) is 41.6. The van der Waals surface area contributed by atoms with Crippen LogP contribution in [0.5, 0.6) is 0 Å². The van der Waals surface area contributed by atoms with Crippen molar-refractivity contribution in [1.82, 2.24) is 9.97 Å². The molecule has 277 valence electrons. The van der Waals surface area contributed by atoms with Gasteiger partial charge in [-0.05, 0) is 113 Å². The maximum Gasteiger partial charge on any atom is 0.0352 e. The maximum atomic E-state index is 9.58. The van der Waals surface area contributed by atoms with E-state index in [1.165, 1.54) is 59.8 Å². The summed E-state index contributed by atoms with van der Waals surface area (Å²) in [6.07, 6.45) is 11.6. The summed E-state index contributed by atoms with van der Waals surface area (Å²) < 4.78 is 50.8. The van der Waals surface area contributed by atoms with E-state index in [2.05, 4.69) is 76.7 Å². The predicted octanol–water partition coefficient (Wildman–Crippen LogP) is 14.1. The predicted molar refractivity (Wildman–Crippen MR) is 224 cm³/mol. The van der Waals surface area contributed by atoms with Crippen molar-refractivity contribution >= 4 is 32.3 Å². The summed E-state index contributed by atoms with van der Waals surface area (Å²) in [7, 11) is 0. The Hall–Kier alpha value is -4.17. The number of hydrogen-bond donors (Lipinski definition) is 0. The molecule has 0 saturated heterocycles. The summed E-state index contributed by atoms with van der Waals surface area (Å²) in [5.74, 6) is -0.913. The molecule has 2 fully saturated rings. The molecule has 5 aromatic carbocycles. The van der Waals surface area contributed by atoms with Crippen molar-refractivity contribution in [3.05, 3.63) is 144 Å². The Balaban J connectivity index is 0.000000230. The van der Waals surface area contributed by atoms with E-state index in [4.69, 9.17) is 6.85 Å². The second-order valence-electron chi connectivity index (χ2n) is 16.1. The number of nitrogens with zero attached hydrogens (tertiary/aromatic N) is 2. The zero-order valence-corrected chi connectivity index (χ0v) is 34.0. The molecule has 0 unspecified atom stereocenters. The molecule has 0 aliphatic heterocycles. The largest absolute Gasteiger partial charge is 0.304 e. The van der Waals surface area contributed by atoms with Gasteiger partial charge in [-0.15, -0.1) is 59.7 Å². The molecule has 2 aromatic heterocycles. The van der Waals surface area contributed by atoms with Crippen molar-refractivity contribution < 1.29 is 28.3 Å². The Kier molecular flexibility index (Phi) is 9.37. The fourth-order valence-electron chi connectivity index (χ4n) is 8.65. The average molecular weight is 891 g/mol. The minimum Gasteiger partial charge on any atom is -0.304 e. The average Bonchev–Trinajstić information content (AvgIpc) is 3.25. The molecular weight excluding hydrogens is 833 g/mol. The number of hydrogen-bond acceptors (Lipinski definition) is 2. The van der Waals surface area contributed by atoms with Crippen molar-refractivity contribution in [1.29, 1.82) is 0 Å². The first-order valence-corrected chi connectivity index (χ1v) is 19.3. The molecule has 9 rings (SSSR count). The minimum atomic E-state index is -2.31. The number of aromatic nitrogens is 2. The van der Waals surface area contributed by atoms with Crippen LogP contribution >= 0.6 is 0 Å². The molecule has 2 heterocycles. The summed E-state index contributed by atoms with van der Waals surface area (Å²) >= 11 is 0. The number of rotatable bonds is 4. The number of aryl methyl sites for hydroxylation is 1.